The number of likely N-dealkylation sites (N-methyl/N-ethyl adjacent to an activating group) is 1. The van der Waals surface area contributed by atoms with Crippen LogP contribution in [0, 0.1) is 0 Å². The van der Waals surface area contributed by atoms with Crippen LogP contribution >= 0.6 is 0 Å². The van der Waals surface area contributed by atoms with Gasteiger partial charge in [0.05, 0.1) is 0 Å². The van der Waals surface area contributed by atoms with Crippen LogP contribution in [0.25, 0.3) is 0 Å². The summed E-state index contributed by atoms with van der Waals surface area (Å²) in [6, 6.07) is 7.13. The van der Waals surface area contributed by atoms with Gasteiger partial charge in [-0.15, -0.1) is 0 Å². The van der Waals surface area contributed by atoms with Crippen LogP contribution in [0.15, 0.2) is 24.3 Å². The predicted molar refractivity (Wildman–Crippen MR) is 111 cm³/mol. The molecule has 0 fully saturated rings. The highest BCUT2D eigenvalue weighted by atomic mass is 16.2. The summed E-state index contributed by atoms with van der Waals surface area (Å²) in [5.74, 6) is -0.0785. The highest BCUT2D eigenvalue weighted by Gasteiger charge is 2.11. The van der Waals surface area contributed by atoms with Crippen molar-refractivity contribution in [1.29, 1.82) is 0 Å². The molecule has 0 bridgehead atoms. The molecule has 0 aliphatic heterocycles. The van der Waals surface area contributed by atoms with E-state index in [4.69, 9.17) is 5.73 Å². The first-order valence-electron chi connectivity index (χ1n) is 9.53. The SMILES string of the molecule is CNC(=O)CCN(CCNC(=O)CCC(N)CN(C)C)c1ccc(C=O)cc1. The Morgan fingerprint density at radius 3 is 2.36 bits per heavy atom. The molecule has 0 aliphatic rings. The monoisotopic (exact) mass is 391 g/mol. The van der Waals surface area contributed by atoms with Crippen molar-refractivity contribution in [1.82, 2.24) is 15.5 Å². The largest absolute Gasteiger partial charge is 0.369 e. The van der Waals surface area contributed by atoms with Crippen molar-refractivity contribution in [3.05, 3.63) is 29.8 Å². The Balaban J connectivity index is 2.52. The zero-order valence-electron chi connectivity index (χ0n) is 17.1. The molecule has 4 N–H and O–H groups in total. The molecule has 28 heavy (non-hydrogen) atoms. The molecule has 2 amide bonds. The van der Waals surface area contributed by atoms with Gasteiger partial charge in [0, 0.05) is 63.4 Å². The van der Waals surface area contributed by atoms with Crippen LogP contribution in [0.4, 0.5) is 5.69 Å². The van der Waals surface area contributed by atoms with E-state index in [1.165, 1.54) is 0 Å². The molecule has 1 unspecified atom stereocenters. The number of aldehydes is 1. The number of anilines is 1. The first kappa shape index (κ1) is 23.6. The number of hydrogen-bond acceptors (Lipinski definition) is 6. The van der Waals surface area contributed by atoms with Crippen LogP contribution in [0.2, 0.25) is 0 Å². The molecule has 0 spiro atoms. The van der Waals surface area contributed by atoms with Crippen LogP contribution in [0.1, 0.15) is 29.6 Å². The Bertz CT molecular complexity index is 619. The van der Waals surface area contributed by atoms with Gasteiger partial charge in [0.25, 0.3) is 0 Å². The number of amides is 2. The van der Waals surface area contributed by atoms with Crippen LogP contribution in [-0.2, 0) is 9.59 Å². The maximum Gasteiger partial charge on any atom is 0.221 e. The minimum absolute atomic E-state index is 0.0267. The lowest BCUT2D eigenvalue weighted by Crippen LogP contribution is -2.38. The maximum absolute atomic E-state index is 12.0. The van der Waals surface area contributed by atoms with E-state index in [1.54, 1.807) is 19.2 Å². The minimum atomic E-state index is -0.0478. The molecule has 0 saturated heterocycles. The maximum atomic E-state index is 12.0. The summed E-state index contributed by atoms with van der Waals surface area (Å²) in [5.41, 5.74) is 7.48. The van der Waals surface area contributed by atoms with Gasteiger partial charge in [-0.1, -0.05) is 0 Å². The van der Waals surface area contributed by atoms with E-state index in [2.05, 4.69) is 10.6 Å². The van der Waals surface area contributed by atoms with E-state index in [0.717, 1.165) is 18.5 Å². The third kappa shape index (κ3) is 9.48. The van der Waals surface area contributed by atoms with Gasteiger partial charge in [0.1, 0.15) is 6.29 Å². The van der Waals surface area contributed by atoms with E-state index in [0.29, 0.717) is 44.5 Å². The van der Waals surface area contributed by atoms with Crippen molar-refractivity contribution in [3.63, 3.8) is 0 Å². The fraction of sp³-hybridized carbons (Fsp3) is 0.550. The van der Waals surface area contributed by atoms with Gasteiger partial charge in [-0.05, 0) is 44.8 Å². The number of carbonyl (C=O) groups excluding carboxylic acids is 3. The van der Waals surface area contributed by atoms with Gasteiger partial charge in [-0.2, -0.15) is 0 Å². The van der Waals surface area contributed by atoms with Gasteiger partial charge < -0.3 is 26.2 Å². The van der Waals surface area contributed by atoms with Gasteiger partial charge >= 0.3 is 0 Å². The van der Waals surface area contributed by atoms with E-state index in [-0.39, 0.29) is 17.9 Å². The molecule has 156 valence electrons. The number of carbonyl (C=O) groups is 3. The Hall–Kier alpha value is -2.45. The molecule has 0 aliphatic carbocycles. The Kier molecular flexibility index (Phi) is 10.8. The lowest BCUT2D eigenvalue weighted by molar-refractivity contribution is -0.121. The fourth-order valence-electron chi connectivity index (χ4n) is 2.79. The molecule has 0 radical (unpaired) electrons. The van der Waals surface area contributed by atoms with E-state index < -0.39 is 0 Å². The second kappa shape index (κ2) is 12.9. The van der Waals surface area contributed by atoms with Crippen LogP contribution < -0.4 is 21.3 Å². The first-order valence-corrected chi connectivity index (χ1v) is 9.53. The molecule has 0 heterocycles. The summed E-state index contributed by atoms with van der Waals surface area (Å²) < 4.78 is 0. The summed E-state index contributed by atoms with van der Waals surface area (Å²) in [7, 11) is 5.51. The molecule has 1 aromatic rings. The summed E-state index contributed by atoms with van der Waals surface area (Å²) in [4.78, 5) is 38.5. The zero-order chi connectivity index (χ0) is 20.9. The number of rotatable bonds is 13. The number of nitrogens with one attached hydrogen (secondary N) is 2. The van der Waals surface area contributed by atoms with Crippen molar-refractivity contribution < 1.29 is 14.4 Å². The fourth-order valence-corrected chi connectivity index (χ4v) is 2.79. The molecule has 1 atom stereocenters. The summed E-state index contributed by atoms with van der Waals surface area (Å²) in [6.45, 7) is 2.29. The van der Waals surface area contributed by atoms with Crippen molar-refractivity contribution in [3.8, 4) is 0 Å². The number of nitrogens with zero attached hydrogens (tertiary/aromatic N) is 2. The second-order valence-corrected chi connectivity index (χ2v) is 7.03. The van der Waals surface area contributed by atoms with E-state index >= 15 is 0 Å². The van der Waals surface area contributed by atoms with Crippen molar-refractivity contribution >= 4 is 23.8 Å². The summed E-state index contributed by atoms with van der Waals surface area (Å²) in [5, 5.41) is 5.52. The molecule has 0 saturated carbocycles. The Labute approximate surface area is 167 Å². The highest BCUT2D eigenvalue weighted by Crippen LogP contribution is 2.15. The average Bonchev–Trinajstić information content (AvgIpc) is 2.68. The minimum Gasteiger partial charge on any atom is -0.369 e. The summed E-state index contributed by atoms with van der Waals surface area (Å²) >= 11 is 0. The number of hydrogen-bond donors (Lipinski definition) is 3. The number of benzene rings is 1. The van der Waals surface area contributed by atoms with Gasteiger partial charge in [0.2, 0.25) is 11.8 Å². The normalized spacial score (nSPS) is 11.8. The van der Waals surface area contributed by atoms with Gasteiger partial charge in [-0.3, -0.25) is 14.4 Å². The van der Waals surface area contributed by atoms with Gasteiger partial charge in [0.15, 0.2) is 0 Å². The molecule has 1 rings (SSSR count). The average molecular weight is 392 g/mol. The molecular weight excluding hydrogens is 358 g/mol. The van der Waals surface area contributed by atoms with E-state index in [1.807, 2.05) is 36.0 Å². The molecule has 1 aromatic carbocycles. The number of nitrogens with two attached hydrogens (primary N) is 1. The Morgan fingerprint density at radius 2 is 1.79 bits per heavy atom. The quantitative estimate of drug-likeness (QED) is 0.416. The molecule has 0 aromatic heterocycles. The second-order valence-electron chi connectivity index (χ2n) is 7.03. The van der Waals surface area contributed by atoms with Crippen molar-refractivity contribution in [2.24, 2.45) is 5.73 Å². The van der Waals surface area contributed by atoms with Crippen LogP contribution in [0.3, 0.4) is 0 Å². The molecular formula is C20H33N5O3. The van der Waals surface area contributed by atoms with Crippen molar-refractivity contribution in [2.75, 3.05) is 52.2 Å². The lowest BCUT2D eigenvalue weighted by atomic mass is 10.1. The predicted octanol–water partition coefficient (Wildman–Crippen LogP) is 0.227. The highest BCUT2D eigenvalue weighted by molar-refractivity contribution is 5.77. The Morgan fingerprint density at radius 1 is 1.11 bits per heavy atom. The van der Waals surface area contributed by atoms with Crippen LogP contribution in [0.5, 0.6) is 0 Å². The zero-order valence-corrected chi connectivity index (χ0v) is 17.1. The first-order chi connectivity index (χ1) is 13.3. The molecule has 8 heteroatoms. The third-order valence-electron chi connectivity index (χ3n) is 4.33. The smallest absolute Gasteiger partial charge is 0.221 e. The standard InChI is InChI=1S/C20H33N5O3/c1-22-19(27)10-12-25(18-7-4-16(15-26)5-8-18)13-11-23-20(28)9-6-17(21)14-24(2)3/h4-5,7-8,15,17H,6,9-14,21H2,1-3H3,(H,22,27)(H,23,28). The van der Waals surface area contributed by atoms with Crippen LogP contribution in [-0.4, -0.2) is 76.4 Å². The van der Waals surface area contributed by atoms with Gasteiger partial charge in [-0.25, -0.2) is 0 Å². The van der Waals surface area contributed by atoms with Crippen molar-refractivity contribution in [2.45, 2.75) is 25.3 Å². The third-order valence-corrected chi connectivity index (χ3v) is 4.33. The van der Waals surface area contributed by atoms with E-state index in [9.17, 15) is 14.4 Å². The molecule has 8 nitrogen and oxygen atoms in total. The summed E-state index contributed by atoms with van der Waals surface area (Å²) in [6.07, 6.45) is 2.16. The topological polar surface area (TPSA) is 108 Å². The lowest BCUT2D eigenvalue weighted by Gasteiger charge is -2.25.